The molecule has 1 aromatic carbocycles. The highest BCUT2D eigenvalue weighted by Gasteiger charge is 2.26. The number of halogens is 1. The first-order chi connectivity index (χ1) is 7.79. The van der Waals surface area contributed by atoms with Gasteiger partial charge in [-0.05, 0) is 12.0 Å². The molecule has 1 aliphatic heterocycles. The van der Waals surface area contributed by atoms with Gasteiger partial charge in [0.15, 0.2) is 0 Å². The van der Waals surface area contributed by atoms with Crippen molar-refractivity contribution in [1.29, 1.82) is 0 Å². The number of hydrogen-bond acceptors (Lipinski definition) is 2. The summed E-state index contributed by atoms with van der Waals surface area (Å²) in [7, 11) is 0. The first-order valence-corrected chi connectivity index (χ1v) is 6.92. The molecular formula is C13H18BrNO. The van der Waals surface area contributed by atoms with Gasteiger partial charge in [-0.3, -0.25) is 4.90 Å². The zero-order valence-electron chi connectivity index (χ0n) is 9.35. The lowest BCUT2D eigenvalue weighted by Gasteiger charge is -2.35. The Kier molecular flexibility index (Phi) is 4.38. The fourth-order valence-electron chi connectivity index (χ4n) is 2.23. The lowest BCUT2D eigenvalue weighted by molar-refractivity contribution is 0.0346. The second kappa shape index (κ2) is 5.80. The summed E-state index contributed by atoms with van der Waals surface area (Å²) in [6, 6.07) is 10.5. The second-order valence-electron chi connectivity index (χ2n) is 4.49. The molecule has 0 spiro atoms. The molecule has 0 amide bonds. The molecule has 0 aliphatic carbocycles. The number of hydrogen-bond donors (Lipinski definition) is 1. The van der Waals surface area contributed by atoms with Crippen LogP contribution in [0.5, 0.6) is 0 Å². The van der Waals surface area contributed by atoms with Crippen LogP contribution in [0.15, 0.2) is 30.3 Å². The van der Waals surface area contributed by atoms with Crippen LogP contribution in [-0.4, -0.2) is 34.5 Å². The van der Waals surface area contributed by atoms with Gasteiger partial charge < -0.3 is 5.11 Å². The lowest BCUT2D eigenvalue weighted by Crippen LogP contribution is -2.43. The van der Waals surface area contributed by atoms with E-state index in [4.69, 9.17) is 0 Å². The van der Waals surface area contributed by atoms with Gasteiger partial charge in [-0.1, -0.05) is 46.3 Å². The summed E-state index contributed by atoms with van der Waals surface area (Å²) >= 11 is 3.48. The summed E-state index contributed by atoms with van der Waals surface area (Å²) in [6.07, 6.45) is 0.759. The molecule has 1 fully saturated rings. The van der Waals surface area contributed by atoms with E-state index in [2.05, 4.69) is 45.1 Å². The van der Waals surface area contributed by atoms with Crippen molar-refractivity contribution in [1.82, 2.24) is 4.90 Å². The van der Waals surface area contributed by atoms with Crippen molar-refractivity contribution in [2.24, 2.45) is 5.92 Å². The van der Waals surface area contributed by atoms with Crippen molar-refractivity contribution in [3.63, 3.8) is 0 Å². The number of aliphatic hydroxyl groups is 1. The summed E-state index contributed by atoms with van der Waals surface area (Å²) in [5.41, 5.74) is 1.35. The molecular weight excluding hydrogens is 266 g/mol. The van der Waals surface area contributed by atoms with Crippen LogP contribution >= 0.6 is 15.9 Å². The number of benzene rings is 1. The predicted octanol–water partition coefficient (Wildman–Crippen LogP) is 2.26. The molecule has 3 heteroatoms. The minimum absolute atomic E-state index is 0.133. The number of aliphatic hydroxyl groups excluding tert-OH is 1. The molecule has 1 aromatic rings. The highest BCUT2D eigenvalue weighted by Crippen LogP contribution is 2.20. The molecule has 1 saturated heterocycles. The van der Waals surface area contributed by atoms with Gasteiger partial charge in [-0.15, -0.1) is 0 Å². The monoisotopic (exact) mass is 283 g/mol. The largest absolute Gasteiger partial charge is 0.393 e. The second-order valence-corrected chi connectivity index (χ2v) is 5.14. The van der Waals surface area contributed by atoms with Crippen LogP contribution in [-0.2, 0) is 6.54 Å². The SMILES string of the molecule is O[C@@H]1CCN(Cc2ccccc2)C[C@H]1CBr. The Morgan fingerprint density at radius 2 is 2.06 bits per heavy atom. The third-order valence-electron chi connectivity index (χ3n) is 3.23. The number of piperidine rings is 1. The highest BCUT2D eigenvalue weighted by atomic mass is 79.9. The first kappa shape index (κ1) is 12.1. The Morgan fingerprint density at radius 3 is 2.75 bits per heavy atom. The zero-order valence-corrected chi connectivity index (χ0v) is 10.9. The van der Waals surface area contributed by atoms with E-state index in [0.717, 1.165) is 31.4 Å². The first-order valence-electron chi connectivity index (χ1n) is 5.80. The van der Waals surface area contributed by atoms with Crippen LogP contribution < -0.4 is 0 Å². The van der Waals surface area contributed by atoms with Crippen LogP contribution in [0.2, 0.25) is 0 Å². The van der Waals surface area contributed by atoms with Gasteiger partial charge in [-0.25, -0.2) is 0 Å². The van der Waals surface area contributed by atoms with Crippen molar-refractivity contribution >= 4 is 15.9 Å². The van der Waals surface area contributed by atoms with Crippen LogP contribution in [0, 0.1) is 5.92 Å². The zero-order chi connectivity index (χ0) is 11.4. The summed E-state index contributed by atoms with van der Waals surface area (Å²) in [5.74, 6) is 0.373. The van der Waals surface area contributed by atoms with Crippen LogP contribution in [0.4, 0.5) is 0 Å². The molecule has 1 N–H and O–H groups in total. The molecule has 0 bridgehead atoms. The maximum Gasteiger partial charge on any atom is 0.0600 e. The number of alkyl halides is 1. The minimum atomic E-state index is -0.133. The average molecular weight is 284 g/mol. The van der Waals surface area contributed by atoms with Crippen LogP contribution in [0.3, 0.4) is 0 Å². The molecule has 0 radical (unpaired) electrons. The Hall–Kier alpha value is -0.380. The van der Waals surface area contributed by atoms with E-state index in [1.807, 2.05) is 6.07 Å². The third-order valence-corrected chi connectivity index (χ3v) is 4.06. The Labute approximate surface area is 105 Å². The van der Waals surface area contributed by atoms with E-state index in [1.54, 1.807) is 0 Å². The van der Waals surface area contributed by atoms with Gasteiger partial charge in [0.05, 0.1) is 6.10 Å². The fourth-order valence-corrected chi connectivity index (χ4v) is 2.87. The van der Waals surface area contributed by atoms with E-state index in [-0.39, 0.29) is 6.10 Å². The Morgan fingerprint density at radius 1 is 1.31 bits per heavy atom. The molecule has 2 rings (SSSR count). The molecule has 0 aromatic heterocycles. The summed E-state index contributed by atoms with van der Waals surface area (Å²) in [5, 5.41) is 10.7. The van der Waals surface area contributed by atoms with Crippen LogP contribution in [0.25, 0.3) is 0 Å². The smallest absolute Gasteiger partial charge is 0.0600 e. The summed E-state index contributed by atoms with van der Waals surface area (Å²) in [4.78, 5) is 2.42. The maximum absolute atomic E-state index is 9.80. The molecule has 1 heterocycles. The molecule has 0 saturated carbocycles. The molecule has 1 aliphatic rings. The average Bonchev–Trinajstić information content (AvgIpc) is 2.33. The number of rotatable bonds is 3. The Bertz CT molecular complexity index is 317. The van der Waals surface area contributed by atoms with Crippen molar-refractivity contribution in [3.8, 4) is 0 Å². The molecule has 2 nitrogen and oxygen atoms in total. The molecule has 88 valence electrons. The van der Waals surface area contributed by atoms with Crippen molar-refractivity contribution in [3.05, 3.63) is 35.9 Å². The standard InChI is InChI=1S/C13H18BrNO/c14-8-12-10-15(7-6-13(12)16)9-11-4-2-1-3-5-11/h1-5,12-13,16H,6-10H2/t12-,13-/m1/s1. The molecule has 2 atom stereocenters. The van der Waals surface area contributed by atoms with Gasteiger partial charge in [0.2, 0.25) is 0 Å². The molecule has 16 heavy (non-hydrogen) atoms. The topological polar surface area (TPSA) is 23.5 Å². The normalized spacial score (nSPS) is 26.9. The van der Waals surface area contributed by atoms with Gasteiger partial charge in [0, 0.05) is 30.9 Å². The maximum atomic E-state index is 9.80. The van der Waals surface area contributed by atoms with E-state index in [0.29, 0.717) is 5.92 Å². The van der Waals surface area contributed by atoms with E-state index >= 15 is 0 Å². The fraction of sp³-hybridized carbons (Fsp3) is 0.538. The minimum Gasteiger partial charge on any atom is -0.393 e. The predicted molar refractivity (Wildman–Crippen MR) is 69.6 cm³/mol. The van der Waals surface area contributed by atoms with Crippen LogP contribution in [0.1, 0.15) is 12.0 Å². The van der Waals surface area contributed by atoms with E-state index in [1.165, 1.54) is 5.56 Å². The Balaban J connectivity index is 1.92. The van der Waals surface area contributed by atoms with Crippen molar-refractivity contribution in [2.75, 3.05) is 18.4 Å². The van der Waals surface area contributed by atoms with Gasteiger partial charge in [0.25, 0.3) is 0 Å². The van der Waals surface area contributed by atoms with Crippen molar-refractivity contribution in [2.45, 2.75) is 19.1 Å². The van der Waals surface area contributed by atoms with Gasteiger partial charge in [0.1, 0.15) is 0 Å². The number of likely N-dealkylation sites (tertiary alicyclic amines) is 1. The third kappa shape index (κ3) is 3.06. The van der Waals surface area contributed by atoms with Gasteiger partial charge >= 0.3 is 0 Å². The van der Waals surface area contributed by atoms with Crippen molar-refractivity contribution < 1.29 is 5.11 Å². The quantitative estimate of drug-likeness (QED) is 0.861. The lowest BCUT2D eigenvalue weighted by atomic mass is 9.96. The van der Waals surface area contributed by atoms with E-state index < -0.39 is 0 Å². The molecule has 0 unspecified atom stereocenters. The number of nitrogens with zero attached hydrogens (tertiary/aromatic N) is 1. The summed E-state index contributed by atoms with van der Waals surface area (Å²) in [6.45, 7) is 2.98. The van der Waals surface area contributed by atoms with E-state index in [9.17, 15) is 5.11 Å². The highest BCUT2D eigenvalue weighted by molar-refractivity contribution is 9.09. The summed E-state index contributed by atoms with van der Waals surface area (Å²) < 4.78 is 0. The van der Waals surface area contributed by atoms with Gasteiger partial charge in [-0.2, -0.15) is 0 Å².